The zero-order valence-electron chi connectivity index (χ0n) is 16.1. The van der Waals surface area contributed by atoms with Crippen molar-refractivity contribution in [2.45, 2.75) is 26.2 Å². The number of aromatic nitrogens is 4. The molecular weight excluding hydrogens is 405 g/mol. The van der Waals surface area contributed by atoms with Crippen LogP contribution in [0.3, 0.4) is 0 Å². The first-order valence-corrected chi connectivity index (χ1v) is 10.1. The van der Waals surface area contributed by atoms with E-state index in [1.165, 1.54) is 17.4 Å². The molecule has 1 N–H and O–H groups in total. The van der Waals surface area contributed by atoms with E-state index in [0.29, 0.717) is 40.3 Å². The van der Waals surface area contributed by atoms with Gasteiger partial charge >= 0.3 is 0 Å². The Hall–Kier alpha value is -3.46. The van der Waals surface area contributed by atoms with Crippen molar-refractivity contribution < 1.29 is 13.6 Å². The van der Waals surface area contributed by atoms with E-state index in [-0.39, 0.29) is 18.1 Å². The molecule has 9 heteroatoms. The standard InChI is InChI=1S/C21H18FN5O2S/c1-13-6-8-14(9-7-13)20-26-24-18(29-20)11-10-17(28)23-21-27-25-19(30-21)12-15-4-2-3-5-16(15)22/h2-9H,10-12H2,1H3,(H,23,27,28). The van der Waals surface area contributed by atoms with Gasteiger partial charge in [0.05, 0.1) is 0 Å². The maximum Gasteiger partial charge on any atom is 0.247 e. The first-order valence-electron chi connectivity index (χ1n) is 9.32. The van der Waals surface area contributed by atoms with Gasteiger partial charge in [-0.2, -0.15) is 0 Å². The Bertz CT molecular complexity index is 1160. The molecule has 0 aliphatic heterocycles. The summed E-state index contributed by atoms with van der Waals surface area (Å²) in [6, 6.07) is 14.3. The summed E-state index contributed by atoms with van der Waals surface area (Å²) >= 11 is 1.22. The number of benzene rings is 2. The van der Waals surface area contributed by atoms with E-state index in [2.05, 4.69) is 25.7 Å². The second-order valence-corrected chi connectivity index (χ2v) is 7.75. The number of hydrogen-bond acceptors (Lipinski definition) is 7. The minimum Gasteiger partial charge on any atom is -0.421 e. The molecule has 0 aliphatic carbocycles. The monoisotopic (exact) mass is 423 g/mol. The lowest BCUT2D eigenvalue weighted by atomic mass is 10.1. The molecule has 152 valence electrons. The molecule has 4 rings (SSSR count). The minimum absolute atomic E-state index is 0.164. The summed E-state index contributed by atoms with van der Waals surface area (Å²) in [6.45, 7) is 2.00. The van der Waals surface area contributed by atoms with Crippen LogP contribution >= 0.6 is 11.3 Å². The molecule has 2 aromatic carbocycles. The van der Waals surface area contributed by atoms with Crippen LogP contribution in [-0.4, -0.2) is 26.3 Å². The Morgan fingerprint density at radius 3 is 2.67 bits per heavy atom. The predicted molar refractivity (Wildman–Crippen MR) is 111 cm³/mol. The van der Waals surface area contributed by atoms with Crippen molar-refractivity contribution >= 4 is 22.4 Å². The summed E-state index contributed by atoms with van der Waals surface area (Å²) in [7, 11) is 0. The van der Waals surface area contributed by atoms with Crippen molar-refractivity contribution in [2.24, 2.45) is 0 Å². The highest BCUT2D eigenvalue weighted by molar-refractivity contribution is 7.15. The number of carbonyl (C=O) groups excluding carboxylic acids is 1. The summed E-state index contributed by atoms with van der Waals surface area (Å²) in [5, 5.41) is 19.7. The van der Waals surface area contributed by atoms with Gasteiger partial charge in [0, 0.05) is 24.8 Å². The van der Waals surface area contributed by atoms with Gasteiger partial charge in [-0.15, -0.1) is 20.4 Å². The number of aryl methyl sites for hydroxylation is 2. The number of halogens is 1. The fourth-order valence-electron chi connectivity index (χ4n) is 2.75. The van der Waals surface area contributed by atoms with Gasteiger partial charge in [-0.1, -0.05) is 47.2 Å². The van der Waals surface area contributed by atoms with Gasteiger partial charge in [0.2, 0.25) is 22.8 Å². The SMILES string of the molecule is Cc1ccc(-c2nnc(CCC(=O)Nc3nnc(Cc4ccccc4F)s3)o2)cc1. The Morgan fingerprint density at radius 1 is 1.07 bits per heavy atom. The fourth-order valence-corrected chi connectivity index (χ4v) is 3.53. The van der Waals surface area contributed by atoms with Gasteiger partial charge in [0.15, 0.2) is 0 Å². The van der Waals surface area contributed by atoms with Crippen molar-refractivity contribution in [2.75, 3.05) is 5.32 Å². The largest absolute Gasteiger partial charge is 0.421 e. The zero-order chi connectivity index (χ0) is 20.9. The molecule has 0 aliphatic rings. The average molecular weight is 423 g/mol. The van der Waals surface area contributed by atoms with Crippen molar-refractivity contribution in [3.63, 3.8) is 0 Å². The molecule has 0 spiro atoms. The van der Waals surface area contributed by atoms with Crippen LogP contribution in [0.15, 0.2) is 52.9 Å². The lowest BCUT2D eigenvalue weighted by Crippen LogP contribution is -2.12. The van der Waals surface area contributed by atoms with Gasteiger partial charge in [0.1, 0.15) is 10.8 Å². The van der Waals surface area contributed by atoms with Crippen molar-refractivity contribution in [3.05, 3.63) is 76.4 Å². The van der Waals surface area contributed by atoms with Gasteiger partial charge in [-0.25, -0.2) is 4.39 Å². The zero-order valence-corrected chi connectivity index (χ0v) is 16.9. The van der Waals surface area contributed by atoms with Crippen LogP contribution in [0.5, 0.6) is 0 Å². The fraction of sp³-hybridized carbons (Fsp3) is 0.190. The highest BCUT2D eigenvalue weighted by Crippen LogP contribution is 2.21. The predicted octanol–water partition coefficient (Wildman–Crippen LogP) is 4.20. The van der Waals surface area contributed by atoms with Crippen LogP contribution in [0.1, 0.15) is 28.4 Å². The molecule has 0 saturated carbocycles. The van der Waals surface area contributed by atoms with Crippen LogP contribution in [0.25, 0.3) is 11.5 Å². The van der Waals surface area contributed by atoms with Gasteiger partial charge in [-0.3, -0.25) is 4.79 Å². The number of anilines is 1. The first kappa shape index (κ1) is 19.8. The van der Waals surface area contributed by atoms with E-state index in [0.717, 1.165) is 11.1 Å². The topological polar surface area (TPSA) is 93.8 Å². The van der Waals surface area contributed by atoms with Gasteiger partial charge in [0.25, 0.3) is 0 Å². The first-order chi connectivity index (χ1) is 14.6. The summed E-state index contributed by atoms with van der Waals surface area (Å²) in [4.78, 5) is 12.2. The molecule has 1 amide bonds. The third-order valence-corrected chi connectivity index (χ3v) is 5.18. The second kappa shape index (κ2) is 8.91. The van der Waals surface area contributed by atoms with Crippen LogP contribution in [0.2, 0.25) is 0 Å². The molecule has 0 saturated heterocycles. The molecule has 0 fully saturated rings. The maximum atomic E-state index is 13.7. The third kappa shape index (κ3) is 4.93. The average Bonchev–Trinajstić information content (AvgIpc) is 3.38. The number of carbonyl (C=O) groups is 1. The Morgan fingerprint density at radius 2 is 1.87 bits per heavy atom. The molecule has 30 heavy (non-hydrogen) atoms. The summed E-state index contributed by atoms with van der Waals surface area (Å²) in [5.41, 5.74) is 2.51. The van der Waals surface area contributed by atoms with E-state index < -0.39 is 0 Å². The summed E-state index contributed by atoms with van der Waals surface area (Å²) in [6.07, 6.45) is 0.799. The molecule has 2 aromatic heterocycles. The van der Waals surface area contributed by atoms with Gasteiger partial charge in [-0.05, 0) is 30.7 Å². The third-order valence-electron chi connectivity index (χ3n) is 4.34. The van der Waals surface area contributed by atoms with E-state index in [1.807, 2.05) is 31.2 Å². The highest BCUT2D eigenvalue weighted by Gasteiger charge is 2.13. The van der Waals surface area contributed by atoms with Crippen LogP contribution in [0.4, 0.5) is 9.52 Å². The van der Waals surface area contributed by atoms with E-state index >= 15 is 0 Å². The van der Waals surface area contributed by atoms with Crippen molar-refractivity contribution in [1.82, 2.24) is 20.4 Å². The van der Waals surface area contributed by atoms with Crippen LogP contribution < -0.4 is 5.32 Å². The summed E-state index contributed by atoms with van der Waals surface area (Å²) < 4.78 is 19.4. The van der Waals surface area contributed by atoms with E-state index in [1.54, 1.807) is 18.2 Å². The molecule has 0 radical (unpaired) electrons. The quantitative estimate of drug-likeness (QED) is 0.479. The van der Waals surface area contributed by atoms with Crippen LogP contribution in [-0.2, 0) is 17.6 Å². The van der Waals surface area contributed by atoms with Gasteiger partial charge < -0.3 is 9.73 Å². The Balaban J connectivity index is 1.30. The van der Waals surface area contributed by atoms with E-state index in [4.69, 9.17) is 4.42 Å². The summed E-state index contributed by atoms with van der Waals surface area (Å²) in [5.74, 6) is 0.284. The molecule has 7 nitrogen and oxygen atoms in total. The molecular formula is C21H18FN5O2S. The molecule has 0 bridgehead atoms. The van der Waals surface area contributed by atoms with E-state index in [9.17, 15) is 9.18 Å². The van der Waals surface area contributed by atoms with Crippen molar-refractivity contribution in [3.8, 4) is 11.5 Å². The number of amides is 1. The number of hydrogen-bond donors (Lipinski definition) is 1. The Kier molecular flexibility index (Phi) is 5.89. The molecule has 2 heterocycles. The maximum absolute atomic E-state index is 13.7. The normalized spacial score (nSPS) is 10.9. The second-order valence-electron chi connectivity index (χ2n) is 6.68. The number of nitrogens with one attached hydrogen (secondary N) is 1. The lowest BCUT2D eigenvalue weighted by molar-refractivity contribution is -0.116. The van der Waals surface area contributed by atoms with Crippen LogP contribution in [0, 0.1) is 12.7 Å². The minimum atomic E-state index is -0.289. The molecule has 0 atom stereocenters. The smallest absolute Gasteiger partial charge is 0.247 e. The molecule has 4 aromatic rings. The number of nitrogens with zero attached hydrogens (tertiary/aromatic N) is 4. The Labute approximate surface area is 176 Å². The lowest BCUT2D eigenvalue weighted by Gasteiger charge is -1.99. The number of rotatable bonds is 7. The van der Waals surface area contributed by atoms with Crippen molar-refractivity contribution in [1.29, 1.82) is 0 Å². The molecule has 0 unspecified atom stereocenters. The highest BCUT2D eigenvalue weighted by atomic mass is 32.1.